The van der Waals surface area contributed by atoms with Gasteiger partial charge in [-0.25, -0.2) is 0 Å². The van der Waals surface area contributed by atoms with E-state index in [0.717, 1.165) is 0 Å². The van der Waals surface area contributed by atoms with E-state index < -0.39 is 0 Å². The SMILES string of the molecule is C.CC(=O)CN. The average Bonchev–Trinajstić information content (AvgIpc) is 1.38. The fraction of sp³-hybridized carbons (Fsp3) is 0.750. The van der Waals surface area contributed by atoms with Gasteiger partial charge in [-0.1, -0.05) is 7.43 Å². The van der Waals surface area contributed by atoms with E-state index in [1.807, 2.05) is 0 Å². The van der Waals surface area contributed by atoms with Crippen molar-refractivity contribution in [1.82, 2.24) is 0 Å². The molecule has 0 rings (SSSR count). The van der Waals surface area contributed by atoms with Crippen molar-refractivity contribution in [3.8, 4) is 0 Å². The van der Waals surface area contributed by atoms with Gasteiger partial charge in [0.2, 0.25) is 0 Å². The predicted octanol–water partition coefficient (Wildman–Crippen LogP) is 0.170. The number of hydrogen-bond donors (Lipinski definition) is 1. The van der Waals surface area contributed by atoms with Gasteiger partial charge in [-0.3, -0.25) is 4.79 Å². The summed E-state index contributed by atoms with van der Waals surface area (Å²) in [5, 5.41) is 0. The van der Waals surface area contributed by atoms with Crippen LogP contribution in [0.4, 0.5) is 0 Å². The molecule has 0 unspecified atom stereocenters. The summed E-state index contributed by atoms with van der Waals surface area (Å²) >= 11 is 0. The van der Waals surface area contributed by atoms with Crippen LogP contribution in [0.2, 0.25) is 0 Å². The van der Waals surface area contributed by atoms with Gasteiger partial charge in [-0.05, 0) is 6.92 Å². The molecule has 0 radical (unpaired) electrons. The minimum atomic E-state index is 0. The second-order valence-electron chi connectivity index (χ2n) is 0.906. The van der Waals surface area contributed by atoms with Crippen LogP contribution in [0.5, 0.6) is 0 Å². The van der Waals surface area contributed by atoms with E-state index in [1.54, 1.807) is 0 Å². The molecule has 2 N–H and O–H groups in total. The van der Waals surface area contributed by atoms with Crippen LogP contribution in [0.15, 0.2) is 0 Å². The number of Topliss-reactive ketones (excluding diaryl/α,β-unsaturated/α-hetero) is 1. The van der Waals surface area contributed by atoms with E-state index in [2.05, 4.69) is 0 Å². The van der Waals surface area contributed by atoms with Gasteiger partial charge >= 0.3 is 0 Å². The molecular formula is C4H11NO. The summed E-state index contributed by atoms with van der Waals surface area (Å²) in [7, 11) is 0. The molecule has 0 amide bonds. The standard InChI is InChI=1S/C3H7NO.CH4/c1-3(5)2-4;/h2,4H2,1H3;1H4. The molecule has 0 saturated heterocycles. The number of carbonyl (C=O) groups excluding carboxylic acids is 1. The first-order valence-corrected chi connectivity index (χ1v) is 1.47. The zero-order valence-electron chi connectivity index (χ0n) is 3.19. The number of nitrogens with two attached hydrogens (primary N) is 1. The van der Waals surface area contributed by atoms with E-state index in [4.69, 9.17) is 5.73 Å². The normalized spacial score (nSPS) is 6.33. The van der Waals surface area contributed by atoms with E-state index in [0.29, 0.717) is 0 Å². The van der Waals surface area contributed by atoms with Crippen molar-refractivity contribution in [2.45, 2.75) is 14.4 Å². The molecule has 0 heterocycles. The van der Waals surface area contributed by atoms with Gasteiger partial charge in [0.05, 0.1) is 6.54 Å². The molecule has 0 aliphatic carbocycles. The largest absolute Gasteiger partial charge is 0.324 e. The summed E-state index contributed by atoms with van der Waals surface area (Å²) in [5.41, 5.74) is 4.82. The Morgan fingerprint density at radius 3 is 2.00 bits per heavy atom. The molecule has 6 heavy (non-hydrogen) atoms. The Balaban J connectivity index is 0. The number of ketones is 1. The van der Waals surface area contributed by atoms with Crippen LogP contribution in [0, 0.1) is 0 Å². The summed E-state index contributed by atoms with van der Waals surface area (Å²) in [6.45, 7) is 1.62. The van der Waals surface area contributed by atoms with Crippen molar-refractivity contribution >= 4 is 5.78 Å². The van der Waals surface area contributed by atoms with Crippen LogP contribution < -0.4 is 5.73 Å². The second kappa shape index (κ2) is 4.63. The van der Waals surface area contributed by atoms with Gasteiger partial charge < -0.3 is 5.73 Å². The van der Waals surface area contributed by atoms with Gasteiger partial charge in [0, 0.05) is 0 Å². The predicted molar refractivity (Wildman–Crippen MR) is 26.5 cm³/mol. The molecule has 2 heteroatoms. The van der Waals surface area contributed by atoms with Crippen molar-refractivity contribution in [1.29, 1.82) is 0 Å². The maximum atomic E-state index is 9.69. The van der Waals surface area contributed by atoms with Crippen LogP contribution in [-0.2, 0) is 4.79 Å². The first-order chi connectivity index (χ1) is 2.27. The zero-order chi connectivity index (χ0) is 4.28. The van der Waals surface area contributed by atoms with Crippen molar-refractivity contribution in [2.24, 2.45) is 5.73 Å². The van der Waals surface area contributed by atoms with Gasteiger partial charge in [0.15, 0.2) is 0 Å². The average molecular weight is 89.1 g/mol. The number of carbonyl (C=O) groups is 1. The maximum absolute atomic E-state index is 9.69. The number of rotatable bonds is 1. The highest BCUT2D eigenvalue weighted by Gasteiger charge is 1.76. The Morgan fingerprint density at radius 2 is 2.00 bits per heavy atom. The van der Waals surface area contributed by atoms with E-state index in [9.17, 15) is 4.79 Å². The molecule has 38 valence electrons. The lowest BCUT2D eigenvalue weighted by Gasteiger charge is -1.73. The monoisotopic (exact) mass is 89.1 g/mol. The molecule has 0 aliphatic heterocycles. The smallest absolute Gasteiger partial charge is 0.143 e. The summed E-state index contributed by atoms with van der Waals surface area (Å²) in [6, 6.07) is 0. The summed E-state index contributed by atoms with van der Waals surface area (Å²) in [5.74, 6) is 0.0324. The number of hydrogen-bond acceptors (Lipinski definition) is 2. The third-order valence-corrected chi connectivity index (χ3v) is 0.287. The minimum absolute atomic E-state index is 0. The van der Waals surface area contributed by atoms with Crippen LogP contribution in [0.25, 0.3) is 0 Å². The third-order valence-electron chi connectivity index (χ3n) is 0.287. The van der Waals surface area contributed by atoms with Crippen LogP contribution in [-0.4, -0.2) is 12.3 Å². The molecule has 0 fully saturated rings. The molecule has 0 atom stereocenters. The molecule has 0 saturated carbocycles. The highest BCUT2D eigenvalue weighted by atomic mass is 16.1. The lowest BCUT2D eigenvalue weighted by molar-refractivity contribution is -0.115. The lowest BCUT2D eigenvalue weighted by atomic mass is 10.5. The summed E-state index contributed by atoms with van der Waals surface area (Å²) in [4.78, 5) is 9.69. The van der Waals surface area contributed by atoms with E-state index in [-0.39, 0.29) is 19.8 Å². The highest BCUT2D eigenvalue weighted by molar-refractivity contribution is 5.77. The Kier molecular flexibility index (Phi) is 7.07. The Bertz CT molecular complexity index is 42.8. The Morgan fingerprint density at radius 1 is 1.83 bits per heavy atom. The van der Waals surface area contributed by atoms with Crippen LogP contribution in [0.3, 0.4) is 0 Å². The minimum Gasteiger partial charge on any atom is -0.324 e. The Hall–Kier alpha value is -0.370. The van der Waals surface area contributed by atoms with Gasteiger partial charge in [-0.15, -0.1) is 0 Å². The molecule has 2 nitrogen and oxygen atoms in total. The summed E-state index contributed by atoms with van der Waals surface area (Å²) < 4.78 is 0. The molecular weight excluding hydrogens is 78.1 g/mol. The van der Waals surface area contributed by atoms with Gasteiger partial charge in [-0.2, -0.15) is 0 Å². The molecule has 0 bridgehead atoms. The molecule has 0 aromatic heterocycles. The zero-order valence-corrected chi connectivity index (χ0v) is 3.19. The lowest BCUT2D eigenvalue weighted by Crippen LogP contribution is -2.07. The topological polar surface area (TPSA) is 43.1 Å². The second-order valence-corrected chi connectivity index (χ2v) is 0.906. The summed E-state index contributed by atoms with van der Waals surface area (Å²) in [6.07, 6.45) is 0. The first-order valence-electron chi connectivity index (χ1n) is 1.47. The van der Waals surface area contributed by atoms with E-state index in [1.165, 1.54) is 6.92 Å². The van der Waals surface area contributed by atoms with Crippen molar-refractivity contribution in [3.05, 3.63) is 0 Å². The quantitative estimate of drug-likeness (QED) is 0.497. The maximum Gasteiger partial charge on any atom is 0.143 e. The highest BCUT2D eigenvalue weighted by Crippen LogP contribution is 1.51. The van der Waals surface area contributed by atoms with Crippen LogP contribution >= 0.6 is 0 Å². The molecule has 0 aliphatic rings. The first kappa shape index (κ1) is 9.16. The molecule has 0 spiro atoms. The third kappa shape index (κ3) is 9.45. The molecule has 0 aromatic carbocycles. The van der Waals surface area contributed by atoms with E-state index >= 15 is 0 Å². The van der Waals surface area contributed by atoms with Gasteiger partial charge in [0.1, 0.15) is 5.78 Å². The van der Waals surface area contributed by atoms with Crippen molar-refractivity contribution in [3.63, 3.8) is 0 Å². The van der Waals surface area contributed by atoms with Crippen LogP contribution in [0.1, 0.15) is 14.4 Å². The Labute approximate surface area is 38.3 Å². The van der Waals surface area contributed by atoms with Crippen molar-refractivity contribution < 1.29 is 4.79 Å². The fourth-order valence-corrected chi connectivity index (χ4v) is 0. The molecule has 0 aromatic rings. The van der Waals surface area contributed by atoms with Gasteiger partial charge in [0.25, 0.3) is 0 Å². The fourth-order valence-electron chi connectivity index (χ4n) is 0. The van der Waals surface area contributed by atoms with Crippen molar-refractivity contribution in [2.75, 3.05) is 6.54 Å².